The first-order chi connectivity index (χ1) is 12.1. The molecule has 134 valence electrons. The summed E-state index contributed by atoms with van der Waals surface area (Å²) in [6.45, 7) is 4.50. The number of aromatic amines is 1. The van der Waals surface area contributed by atoms with Gasteiger partial charge in [0.25, 0.3) is 0 Å². The molecule has 3 rings (SSSR count). The lowest BCUT2D eigenvalue weighted by Gasteiger charge is -2.30. The highest BCUT2D eigenvalue weighted by Crippen LogP contribution is 2.20. The number of nitrogens with zero attached hydrogens (tertiary/aromatic N) is 3. The zero-order chi connectivity index (χ0) is 17.8. The van der Waals surface area contributed by atoms with Crippen molar-refractivity contribution >= 4 is 18.2 Å². The zero-order valence-corrected chi connectivity index (χ0v) is 15.5. The molecule has 0 saturated carbocycles. The molecule has 1 saturated heterocycles. The first kappa shape index (κ1) is 17.8. The maximum Gasteiger partial charge on any atom is 0.308 e. The van der Waals surface area contributed by atoms with Crippen LogP contribution < -0.4 is 0 Å². The first-order valence-electron chi connectivity index (χ1n) is 8.67. The fourth-order valence-electron chi connectivity index (χ4n) is 3.16. The molecule has 2 aromatic rings. The van der Waals surface area contributed by atoms with Crippen LogP contribution in [0.15, 0.2) is 24.3 Å². The first-order valence-corrected chi connectivity index (χ1v) is 9.08. The third kappa shape index (κ3) is 4.16. The van der Waals surface area contributed by atoms with E-state index in [4.69, 9.17) is 17.0 Å². The lowest BCUT2D eigenvalue weighted by molar-refractivity contribution is -0.147. The molecule has 1 fully saturated rings. The Morgan fingerprint density at radius 2 is 2.00 bits per heavy atom. The molecule has 0 amide bonds. The topological polar surface area (TPSA) is 63.1 Å². The molecule has 0 spiro atoms. The number of methoxy groups -OCH3 is 1. The Balaban J connectivity index is 1.65. The third-order valence-corrected chi connectivity index (χ3v) is 5.09. The molecule has 1 aliphatic heterocycles. The lowest BCUT2D eigenvalue weighted by Crippen LogP contribution is -2.38. The summed E-state index contributed by atoms with van der Waals surface area (Å²) in [5.41, 5.74) is 2.33. The normalized spacial score (nSPS) is 16.1. The van der Waals surface area contributed by atoms with Gasteiger partial charge in [-0.2, -0.15) is 4.98 Å². The Kier molecular flexibility index (Phi) is 5.65. The van der Waals surface area contributed by atoms with Gasteiger partial charge >= 0.3 is 5.97 Å². The van der Waals surface area contributed by atoms with Gasteiger partial charge in [0.15, 0.2) is 5.82 Å². The summed E-state index contributed by atoms with van der Waals surface area (Å²) in [5, 5.41) is 3.30. The van der Waals surface area contributed by atoms with Gasteiger partial charge in [-0.1, -0.05) is 31.2 Å². The van der Waals surface area contributed by atoms with Crippen molar-refractivity contribution in [1.29, 1.82) is 0 Å². The number of ether oxygens (including phenoxy) is 1. The molecule has 1 aliphatic rings. The minimum atomic E-state index is -0.101. The van der Waals surface area contributed by atoms with Crippen molar-refractivity contribution in [3.63, 3.8) is 0 Å². The highest BCUT2D eigenvalue weighted by molar-refractivity contribution is 7.71. The third-order valence-electron chi connectivity index (χ3n) is 4.78. The molecule has 0 bridgehead atoms. The van der Waals surface area contributed by atoms with E-state index < -0.39 is 0 Å². The van der Waals surface area contributed by atoms with Gasteiger partial charge in [0.05, 0.1) is 19.7 Å². The summed E-state index contributed by atoms with van der Waals surface area (Å²) in [4.78, 5) is 18.4. The number of rotatable bonds is 5. The molecule has 1 aromatic heterocycles. The van der Waals surface area contributed by atoms with Crippen molar-refractivity contribution in [3.8, 4) is 11.4 Å². The van der Waals surface area contributed by atoms with Gasteiger partial charge in [-0.15, -0.1) is 0 Å². The number of carbonyl (C=O) groups is 1. The van der Waals surface area contributed by atoms with E-state index in [-0.39, 0.29) is 11.9 Å². The molecule has 1 N–H and O–H groups in total. The van der Waals surface area contributed by atoms with E-state index in [2.05, 4.69) is 46.2 Å². The summed E-state index contributed by atoms with van der Waals surface area (Å²) in [5.74, 6) is 0.705. The Hall–Kier alpha value is -1.99. The predicted octanol–water partition coefficient (Wildman–Crippen LogP) is 3.01. The quantitative estimate of drug-likeness (QED) is 0.656. The van der Waals surface area contributed by atoms with E-state index in [0.717, 1.165) is 43.7 Å². The van der Waals surface area contributed by atoms with Gasteiger partial charge in [0, 0.05) is 18.7 Å². The predicted molar refractivity (Wildman–Crippen MR) is 98.5 cm³/mol. The van der Waals surface area contributed by atoms with E-state index in [1.165, 1.54) is 12.7 Å². The number of aryl methyl sites for hydroxylation is 1. The number of H-pyrrole nitrogens is 1. The van der Waals surface area contributed by atoms with Crippen LogP contribution >= 0.6 is 12.2 Å². The summed E-state index contributed by atoms with van der Waals surface area (Å²) in [7, 11) is 1.45. The van der Waals surface area contributed by atoms with Crippen molar-refractivity contribution in [3.05, 3.63) is 34.6 Å². The molecule has 25 heavy (non-hydrogen) atoms. The van der Waals surface area contributed by atoms with Gasteiger partial charge in [-0.3, -0.25) is 14.8 Å². The molecule has 0 radical (unpaired) electrons. The van der Waals surface area contributed by atoms with Gasteiger partial charge in [0.2, 0.25) is 4.77 Å². The maximum atomic E-state index is 11.6. The number of aromatic nitrogens is 3. The van der Waals surface area contributed by atoms with Gasteiger partial charge in [0.1, 0.15) is 0 Å². The van der Waals surface area contributed by atoms with E-state index in [1.54, 1.807) is 0 Å². The second-order valence-electron chi connectivity index (χ2n) is 6.39. The molecule has 7 heteroatoms. The van der Waals surface area contributed by atoms with Crippen LogP contribution in [-0.2, 0) is 22.6 Å². The minimum absolute atomic E-state index is 0.0172. The minimum Gasteiger partial charge on any atom is -0.469 e. The molecule has 2 heterocycles. The van der Waals surface area contributed by atoms with E-state index in [1.807, 2.05) is 4.68 Å². The number of likely N-dealkylation sites (tertiary alicyclic amines) is 1. The van der Waals surface area contributed by atoms with Crippen LogP contribution in [0.2, 0.25) is 0 Å². The number of nitrogens with one attached hydrogen (secondary N) is 1. The zero-order valence-electron chi connectivity index (χ0n) is 14.7. The van der Waals surface area contributed by atoms with Crippen LogP contribution in [-0.4, -0.2) is 45.8 Å². The lowest BCUT2D eigenvalue weighted by atomic mass is 9.97. The molecule has 6 nitrogen and oxygen atoms in total. The van der Waals surface area contributed by atoms with Crippen LogP contribution in [0.4, 0.5) is 0 Å². The molecule has 0 aliphatic carbocycles. The Bertz CT molecular complexity index is 773. The van der Waals surface area contributed by atoms with Gasteiger partial charge < -0.3 is 4.74 Å². The number of benzene rings is 1. The molecule has 0 atom stereocenters. The van der Waals surface area contributed by atoms with Crippen molar-refractivity contribution in [2.45, 2.75) is 32.9 Å². The van der Waals surface area contributed by atoms with Crippen LogP contribution in [0, 0.1) is 10.7 Å². The molecule has 0 unspecified atom stereocenters. The van der Waals surface area contributed by atoms with E-state index in [0.29, 0.717) is 11.4 Å². The highest BCUT2D eigenvalue weighted by atomic mass is 32.1. The highest BCUT2D eigenvalue weighted by Gasteiger charge is 2.25. The maximum absolute atomic E-state index is 11.6. The van der Waals surface area contributed by atoms with Crippen LogP contribution in [0.1, 0.15) is 25.3 Å². The second kappa shape index (κ2) is 7.93. The van der Waals surface area contributed by atoms with E-state index >= 15 is 0 Å². The monoisotopic (exact) mass is 360 g/mol. The van der Waals surface area contributed by atoms with Crippen molar-refractivity contribution in [2.24, 2.45) is 5.92 Å². The number of carbonyl (C=O) groups excluding carboxylic acids is 1. The number of hydrogen-bond acceptors (Lipinski definition) is 5. The average Bonchev–Trinajstić information content (AvgIpc) is 3.02. The summed E-state index contributed by atoms with van der Waals surface area (Å²) < 4.78 is 7.27. The van der Waals surface area contributed by atoms with Gasteiger partial charge in [-0.05, 0) is 37.0 Å². The van der Waals surface area contributed by atoms with Crippen molar-refractivity contribution < 1.29 is 9.53 Å². The number of hydrogen-bond donors (Lipinski definition) is 1. The standard InChI is InChI=1S/C18H24N4O2S/c1-3-13-4-6-14(7-5-13)16-19-18(25)22(20-16)12-21-10-8-15(9-11-21)17(23)24-2/h4-7,15H,3,8-12H2,1-2H3,(H,19,20,25). The van der Waals surface area contributed by atoms with Crippen LogP contribution in [0.5, 0.6) is 0 Å². The smallest absolute Gasteiger partial charge is 0.308 e. The van der Waals surface area contributed by atoms with Crippen molar-refractivity contribution in [1.82, 2.24) is 19.7 Å². The fourth-order valence-corrected chi connectivity index (χ4v) is 3.35. The largest absolute Gasteiger partial charge is 0.469 e. The Labute approximate surface area is 152 Å². The van der Waals surface area contributed by atoms with Gasteiger partial charge in [-0.25, -0.2) is 4.68 Å². The molecular weight excluding hydrogens is 336 g/mol. The summed E-state index contributed by atoms with van der Waals surface area (Å²) in [6, 6.07) is 8.36. The van der Waals surface area contributed by atoms with Crippen LogP contribution in [0.25, 0.3) is 11.4 Å². The van der Waals surface area contributed by atoms with E-state index in [9.17, 15) is 4.79 Å². The molecular formula is C18H24N4O2S. The average molecular weight is 360 g/mol. The molecule has 1 aromatic carbocycles. The number of piperidine rings is 1. The number of esters is 1. The summed E-state index contributed by atoms with van der Waals surface area (Å²) in [6.07, 6.45) is 2.66. The van der Waals surface area contributed by atoms with Crippen molar-refractivity contribution in [2.75, 3.05) is 20.2 Å². The Morgan fingerprint density at radius 1 is 1.32 bits per heavy atom. The second-order valence-corrected chi connectivity index (χ2v) is 6.76. The van der Waals surface area contributed by atoms with Crippen LogP contribution in [0.3, 0.4) is 0 Å². The SMILES string of the molecule is CCc1ccc(-c2nc(=S)n(CN3CCC(C(=O)OC)CC3)[nH]2)cc1. The fraction of sp³-hybridized carbons (Fsp3) is 0.500. The Morgan fingerprint density at radius 3 is 2.60 bits per heavy atom. The summed E-state index contributed by atoms with van der Waals surface area (Å²) >= 11 is 5.39.